The Hall–Kier alpha value is -2.60. The van der Waals surface area contributed by atoms with Crippen LogP contribution >= 0.6 is 11.3 Å². The molecule has 5 nitrogen and oxygen atoms in total. The van der Waals surface area contributed by atoms with Gasteiger partial charge in [-0.05, 0) is 50.6 Å². The summed E-state index contributed by atoms with van der Waals surface area (Å²) >= 11 is 1.69. The summed E-state index contributed by atoms with van der Waals surface area (Å²) < 4.78 is 6.72. The number of carbonyl (C=O) groups excluding carboxylic acids is 1. The van der Waals surface area contributed by atoms with Crippen molar-refractivity contribution in [3.05, 3.63) is 53.1 Å². The van der Waals surface area contributed by atoms with E-state index >= 15 is 0 Å². The first kappa shape index (κ1) is 18.7. The van der Waals surface area contributed by atoms with Crippen LogP contribution in [0.5, 0.6) is 5.75 Å². The number of rotatable bonds is 4. The molecule has 1 aliphatic rings. The number of benzene rings is 2. The number of amides is 1. The predicted octanol–water partition coefficient (Wildman–Crippen LogP) is 4.27. The van der Waals surface area contributed by atoms with Crippen LogP contribution in [0.25, 0.3) is 10.2 Å². The fraction of sp³-hybridized carbons (Fsp3) is 0.364. The van der Waals surface area contributed by atoms with Crippen LogP contribution in [0.2, 0.25) is 0 Å². The van der Waals surface area contributed by atoms with E-state index in [1.807, 2.05) is 56.0 Å². The Kier molecular flexibility index (Phi) is 5.22. The lowest BCUT2D eigenvalue weighted by Crippen LogP contribution is -2.48. The van der Waals surface area contributed by atoms with Crippen LogP contribution in [0, 0.1) is 13.8 Å². The Balaban J connectivity index is 1.46. The molecule has 146 valence electrons. The van der Waals surface area contributed by atoms with E-state index in [0.717, 1.165) is 50.9 Å². The second kappa shape index (κ2) is 7.80. The normalized spacial score (nSPS) is 14.5. The minimum atomic E-state index is 0.131. The zero-order chi connectivity index (χ0) is 19.7. The average Bonchev–Trinajstić information content (AvgIpc) is 3.13. The highest BCUT2D eigenvalue weighted by molar-refractivity contribution is 7.22. The number of hydrogen-bond donors (Lipinski definition) is 0. The van der Waals surface area contributed by atoms with Crippen LogP contribution in [0.15, 0.2) is 36.4 Å². The molecule has 0 N–H and O–H groups in total. The van der Waals surface area contributed by atoms with Gasteiger partial charge in [-0.1, -0.05) is 29.0 Å². The predicted molar refractivity (Wildman–Crippen MR) is 115 cm³/mol. The number of anilines is 1. The zero-order valence-electron chi connectivity index (χ0n) is 16.6. The smallest absolute Gasteiger partial charge is 0.254 e. The van der Waals surface area contributed by atoms with E-state index in [9.17, 15) is 4.79 Å². The van der Waals surface area contributed by atoms with Gasteiger partial charge in [-0.15, -0.1) is 0 Å². The molecule has 0 radical (unpaired) electrons. The van der Waals surface area contributed by atoms with E-state index in [1.54, 1.807) is 11.3 Å². The standard InChI is InChI=1S/C22H25N3O2S/c1-4-27-17-7-8-19-20(14-17)28-22(23-19)25-11-9-24(10-12-25)21(26)18-13-15(2)5-6-16(18)3/h5-8,13-14H,4,9-12H2,1-3H3. The van der Waals surface area contributed by atoms with Crippen LogP contribution in [0.3, 0.4) is 0 Å². The maximum atomic E-state index is 12.9. The van der Waals surface area contributed by atoms with Crippen LogP contribution in [-0.4, -0.2) is 48.6 Å². The number of hydrogen-bond acceptors (Lipinski definition) is 5. The maximum Gasteiger partial charge on any atom is 0.254 e. The Bertz CT molecular complexity index is 1010. The number of piperazine rings is 1. The molecular formula is C22H25N3O2S. The number of aromatic nitrogens is 1. The van der Waals surface area contributed by atoms with E-state index in [2.05, 4.69) is 11.0 Å². The molecule has 0 bridgehead atoms. The molecule has 2 aromatic carbocycles. The van der Waals surface area contributed by atoms with Crippen molar-refractivity contribution in [2.75, 3.05) is 37.7 Å². The highest BCUT2D eigenvalue weighted by Crippen LogP contribution is 2.32. The molecule has 0 saturated carbocycles. The molecule has 6 heteroatoms. The second-order valence-corrected chi connectivity index (χ2v) is 8.17. The second-order valence-electron chi connectivity index (χ2n) is 7.16. The Morgan fingerprint density at radius 2 is 1.89 bits per heavy atom. The molecule has 1 amide bonds. The summed E-state index contributed by atoms with van der Waals surface area (Å²) in [6.07, 6.45) is 0. The first-order chi connectivity index (χ1) is 13.5. The fourth-order valence-corrected chi connectivity index (χ4v) is 4.57. The van der Waals surface area contributed by atoms with E-state index < -0.39 is 0 Å². The van der Waals surface area contributed by atoms with Crippen molar-refractivity contribution in [3.63, 3.8) is 0 Å². The molecular weight excluding hydrogens is 370 g/mol. The number of carbonyl (C=O) groups is 1. The minimum absolute atomic E-state index is 0.131. The summed E-state index contributed by atoms with van der Waals surface area (Å²) in [4.78, 5) is 21.9. The van der Waals surface area contributed by atoms with E-state index in [1.165, 1.54) is 0 Å². The average molecular weight is 396 g/mol. The van der Waals surface area contributed by atoms with Gasteiger partial charge in [-0.3, -0.25) is 4.79 Å². The fourth-order valence-electron chi connectivity index (χ4n) is 3.52. The SMILES string of the molecule is CCOc1ccc2nc(N3CCN(C(=O)c4cc(C)ccc4C)CC3)sc2c1. The molecule has 28 heavy (non-hydrogen) atoms. The summed E-state index contributed by atoms with van der Waals surface area (Å²) in [6, 6.07) is 12.1. The van der Waals surface area contributed by atoms with Crippen molar-refractivity contribution < 1.29 is 9.53 Å². The molecule has 1 saturated heterocycles. The molecule has 1 aromatic heterocycles. The quantitative estimate of drug-likeness (QED) is 0.662. The largest absolute Gasteiger partial charge is 0.494 e. The van der Waals surface area contributed by atoms with Crippen molar-refractivity contribution in [2.24, 2.45) is 0 Å². The molecule has 0 atom stereocenters. The maximum absolute atomic E-state index is 12.9. The molecule has 2 heterocycles. The molecule has 1 fully saturated rings. The Morgan fingerprint density at radius 1 is 1.11 bits per heavy atom. The van der Waals surface area contributed by atoms with E-state index in [-0.39, 0.29) is 5.91 Å². The Labute approximate surface area is 169 Å². The molecule has 0 spiro atoms. The van der Waals surface area contributed by atoms with Crippen molar-refractivity contribution in [2.45, 2.75) is 20.8 Å². The summed E-state index contributed by atoms with van der Waals surface area (Å²) in [6.45, 7) is 9.70. The monoisotopic (exact) mass is 395 g/mol. The van der Waals surface area contributed by atoms with Crippen LogP contribution in [0.1, 0.15) is 28.4 Å². The minimum Gasteiger partial charge on any atom is -0.494 e. The van der Waals surface area contributed by atoms with Gasteiger partial charge in [0.1, 0.15) is 5.75 Å². The highest BCUT2D eigenvalue weighted by atomic mass is 32.1. The Morgan fingerprint density at radius 3 is 2.64 bits per heavy atom. The van der Waals surface area contributed by atoms with Gasteiger partial charge in [-0.2, -0.15) is 0 Å². The molecule has 1 aliphatic heterocycles. The van der Waals surface area contributed by atoms with Gasteiger partial charge in [-0.25, -0.2) is 4.98 Å². The van der Waals surface area contributed by atoms with Gasteiger partial charge in [0.15, 0.2) is 5.13 Å². The molecule has 4 rings (SSSR count). The molecule has 3 aromatic rings. The number of thiazole rings is 1. The number of aryl methyl sites for hydroxylation is 2. The summed E-state index contributed by atoms with van der Waals surface area (Å²) in [7, 11) is 0. The van der Waals surface area contributed by atoms with Gasteiger partial charge >= 0.3 is 0 Å². The van der Waals surface area contributed by atoms with Gasteiger partial charge in [0.05, 0.1) is 16.8 Å². The van der Waals surface area contributed by atoms with Crippen molar-refractivity contribution in [3.8, 4) is 5.75 Å². The van der Waals surface area contributed by atoms with Crippen LogP contribution in [0.4, 0.5) is 5.13 Å². The lowest BCUT2D eigenvalue weighted by atomic mass is 10.0. The van der Waals surface area contributed by atoms with Crippen molar-refractivity contribution in [1.82, 2.24) is 9.88 Å². The third-order valence-corrected chi connectivity index (χ3v) is 6.20. The topological polar surface area (TPSA) is 45.7 Å². The van der Waals surface area contributed by atoms with Gasteiger partial charge in [0.25, 0.3) is 5.91 Å². The molecule has 0 unspecified atom stereocenters. The number of ether oxygens (including phenoxy) is 1. The van der Waals surface area contributed by atoms with Gasteiger partial charge < -0.3 is 14.5 Å². The summed E-state index contributed by atoms with van der Waals surface area (Å²) in [5.74, 6) is 1.01. The first-order valence-corrected chi connectivity index (χ1v) is 10.5. The third-order valence-electron chi connectivity index (χ3n) is 5.12. The number of nitrogens with zero attached hydrogens (tertiary/aromatic N) is 3. The lowest BCUT2D eigenvalue weighted by Gasteiger charge is -2.34. The van der Waals surface area contributed by atoms with Crippen LogP contribution in [-0.2, 0) is 0 Å². The highest BCUT2D eigenvalue weighted by Gasteiger charge is 2.24. The lowest BCUT2D eigenvalue weighted by molar-refractivity contribution is 0.0746. The van der Waals surface area contributed by atoms with Crippen molar-refractivity contribution in [1.29, 1.82) is 0 Å². The van der Waals surface area contributed by atoms with Crippen molar-refractivity contribution >= 4 is 32.6 Å². The zero-order valence-corrected chi connectivity index (χ0v) is 17.4. The number of fused-ring (bicyclic) bond motifs is 1. The van der Waals surface area contributed by atoms with E-state index in [4.69, 9.17) is 9.72 Å². The van der Waals surface area contributed by atoms with Gasteiger partial charge in [0.2, 0.25) is 0 Å². The van der Waals surface area contributed by atoms with Crippen LogP contribution < -0.4 is 9.64 Å². The summed E-state index contributed by atoms with van der Waals surface area (Å²) in [5, 5.41) is 1.02. The third kappa shape index (κ3) is 3.69. The molecule has 0 aliphatic carbocycles. The van der Waals surface area contributed by atoms with Gasteiger partial charge in [0, 0.05) is 31.7 Å². The van der Waals surface area contributed by atoms with E-state index in [0.29, 0.717) is 19.7 Å². The first-order valence-electron chi connectivity index (χ1n) is 9.70. The summed E-state index contributed by atoms with van der Waals surface area (Å²) in [5.41, 5.74) is 3.97.